The van der Waals surface area contributed by atoms with Crippen LogP contribution in [0.25, 0.3) is 0 Å². The molecule has 0 aliphatic rings. The van der Waals surface area contributed by atoms with Gasteiger partial charge in [0, 0.05) is 19.3 Å². The molecule has 0 spiro atoms. The van der Waals surface area contributed by atoms with E-state index in [1.807, 2.05) is 6.08 Å². The molecule has 0 aromatic carbocycles. The lowest BCUT2D eigenvalue weighted by Crippen LogP contribution is -2.30. The van der Waals surface area contributed by atoms with Crippen molar-refractivity contribution in [2.75, 3.05) is 13.2 Å². The highest BCUT2D eigenvalue weighted by molar-refractivity contribution is 5.71. The number of allylic oxidation sites excluding steroid dienone is 16. The highest BCUT2D eigenvalue weighted by Crippen LogP contribution is 2.15. The largest absolute Gasteiger partial charge is 0.462 e. The van der Waals surface area contributed by atoms with E-state index in [2.05, 4.69) is 112 Å². The molecular weight excluding hydrogens is 901 g/mol. The van der Waals surface area contributed by atoms with Crippen molar-refractivity contribution in [1.82, 2.24) is 0 Å². The van der Waals surface area contributed by atoms with Crippen molar-refractivity contribution < 1.29 is 28.6 Å². The van der Waals surface area contributed by atoms with Gasteiger partial charge in [0.05, 0.1) is 0 Å². The predicted octanol–water partition coefficient (Wildman–Crippen LogP) is 20.9. The summed E-state index contributed by atoms with van der Waals surface area (Å²) in [6.07, 6.45) is 81.4. The molecular formula is C67H114O6. The zero-order valence-electron chi connectivity index (χ0n) is 47.9. The number of esters is 3. The van der Waals surface area contributed by atoms with Crippen molar-refractivity contribution in [3.05, 3.63) is 97.2 Å². The molecule has 0 heterocycles. The molecule has 6 heteroatoms. The Hall–Kier alpha value is -3.67. The summed E-state index contributed by atoms with van der Waals surface area (Å²) in [5.41, 5.74) is 0. The highest BCUT2D eigenvalue weighted by atomic mass is 16.6. The minimum atomic E-state index is -0.823. The van der Waals surface area contributed by atoms with Crippen LogP contribution in [0.15, 0.2) is 97.2 Å². The van der Waals surface area contributed by atoms with E-state index in [4.69, 9.17) is 14.2 Å². The Morgan fingerprint density at radius 2 is 0.562 bits per heavy atom. The van der Waals surface area contributed by atoms with E-state index < -0.39 is 12.1 Å². The lowest BCUT2D eigenvalue weighted by atomic mass is 10.0. The monoisotopic (exact) mass is 1010 g/mol. The first-order valence-electron chi connectivity index (χ1n) is 30.7. The van der Waals surface area contributed by atoms with Crippen molar-refractivity contribution >= 4 is 17.9 Å². The normalized spacial score (nSPS) is 12.8. The molecule has 418 valence electrons. The maximum atomic E-state index is 12.8. The molecule has 0 aromatic rings. The van der Waals surface area contributed by atoms with Crippen LogP contribution in [0.3, 0.4) is 0 Å². The SMILES string of the molecule is CC/C=C\C/C=C\C/C=C\C/C=C\C/C=C\C/C=C\CCC(=O)OC(COC(=O)CCCCCCC/C=C\CCCCCC)COC(=O)CCCCCCCCCCCCC/C=C\CCCCCCCCCC. The van der Waals surface area contributed by atoms with E-state index in [0.29, 0.717) is 19.3 Å². The topological polar surface area (TPSA) is 78.9 Å². The van der Waals surface area contributed by atoms with Crippen LogP contribution < -0.4 is 0 Å². The van der Waals surface area contributed by atoms with Crippen molar-refractivity contribution in [2.45, 2.75) is 297 Å². The second kappa shape index (κ2) is 60.9. The molecule has 0 bridgehead atoms. The predicted molar refractivity (Wildman–Crippen MR) is 316 cm³/mol. The molecule has 0 fully saturated rings. The summed E-state index contributed by atoms with van der Waals surface area (Å²) in [6.45, 7) is 6.46. The molecule has 1 unspecified atom stereocenters. The summed E-state index contributed by atoms with van der Waals surface area (Å²) >= 11 is 0. The smallest absolute Gasteiger partial charge is 0.306 e. The van der Waals surface area contributed by atoms with E-state index in [0.717, 1.165) is 89.9 Å². The van der Waals surface area contributed by atoms with Crippen LogP contribution in [-0.2, 0) is 28.6 Å². The third-order valence-electron chi connectivity index (χ3n) is 13.1. The fourth-order valence-electron chi connectivity index (χ4n) is 8.46. The molecule has 1 atom stereocenters. The van der Waals surface area contributed by atoms with Gasteiger partial charge in [-0.25, -0.2) is 0 Å². The zero-order chi connectivity index (χ0) is 52.9. The first kappa shape index (κ1) is 69.3. The summed E-state index contributed by atoms with van der Waals surface area (Å²) in [7, 11) is 0. The van der Waals surface area contributed by atoms with E-state index in [-0.39, 0.29) is 31.6 Å². The Morgan fingerprint density at radius 1 is 0.288 bits per heavy atom. The van der Waals surface area contributed by atoms with Gasteiger partial charge in [-0.2, -0.15) is 0 Å². The number of carbonyl (C=O) groups is 3. The van der Waals surface area contributed by atoms with Crippen LogP contribution in [0.1, 0.15) is 290 Å². The molecule has 0 aliphatic carbocycles. The minimum absolute atomic E-state index is 0.110. The molecule has 0 N–H and O–H groups in total. The number of carbonyl (C=O) groups excluding carboxylic acids is 3. The molecule has 0 rings (SSSR count). The van der Waals surface area contributed by atoms with Gasteiger partial charge in [0.1, 0.15) is 13.2 Å². The molecule has 73 heavy (non-hydrogen) atoms. The van der Waals surface area contributed by atoms with Gasteiger partial charge in [-0.1, -0.05) is 259 Å². The van der Waals surface area contributed by atoms with E-state index >= 15 is 0 Å². The van der Waals surface area contributed by atoms with Crippen LogP contribution in [0, 0.1) is 0 Å². The third-order valence-corrected chi connectivity index (χ3v) is 13.1. The molecule has 6 nitrogen and oxygen atoms in total. The maximum absolute atomic E-state index is 12.8. The van der Waals surface area contributed by atoms with Crippen LogP contribution in [0.5, 0.6) is 0 Å². The number of unbranched alkanes of at least 4 members (excludes halogenated alkanes) is 28. The van der Waals surface area contributed by atoms with Gasteiger partial charge in [0.25, 0.3) is 0 Å². The number of hydrogen-bond acceptors (Lipinski definition) is 6. The van der Waals surface area contributed by atoms with Gasteiger partial charge < -0.3 is 14.2 Å². The molecule has 0 radical (unpaired) electrons. The van der Waals surface area contributed by atoms with Crippen molar-refractivity contribution in [3.8, 4) is 0 Å². The summed E-state index contributed by atoms with van der Waals surface area (Å²) in [4.78, 5) is 38.2. The fourth-order valence-corrected chi connectivity index (χ4v) is 8.46. The van der Waals surface area contributed by atoms with E-state index in [9.17, 15) is 14.4 Å². The van der Waals surface area contributed by atoms with Gasteiger partial charge in [-0.3, -0.25) is 14.4 Å². The Kier molecular flexibility index (Phi) is 57.8. The van der Waals surface area contributed by atoms with Gasteiger partial charge in [-0.15, -0.1) is 0 Å². The first-order valence-corrected chi connectivity index (χ1v) is 30.7. The number of ether oxygens (including phenoxy) is 3. The average molecular weight is 1020 g/mol. The molecule has 0 saturated carbocycles. The summed E-state index contributed by atoms with van der Waals surface area (Å²) in [5.74, 6) is -0.999. The highest BCUT2D eigenvalue weighted by Gasteiger charge is 2.19. The Labute approximate surface area is 451 Å². The van der Waals surface area contributed by atoms with Gasteiger partial charge >= 0.3 is 17.9 Å². The van der Waals surface area contributed by atoms with Gasteiger partial charge in [-0.05, 0) is 109 Å². The lowest BCUT2D eigenvalue weighted by molar-refractivity contribution is -0.166. The fraction of sp³-hybridized carbons (Fsp3) is 0.716. The molecule has 0 amide bonds. The minimum Gasteiger partial charge on any atom is -0.462 e. The first-order chi connectivity index (χ1) is 36.0. The maximum Gasteiger partial charge on any atom is 0.306 e. The second-order valence-electron chi connectivity index (χ2n) is 20.2. The number of hydrogen-bond donors (Lipinski definition) is 0. The summed E-state index contributed by atoms with van der Waals surface area (Å²) in [6, 6.07) is 0. The zero-order valence-corrected chi connectivity index (χ0v) is 47.9. The standard InChI is InChI=1S/C67H114O6/c1-4-7-10-13-16-19-22-25-27-29-31-32-33-34-36-37-39-42-45-48-51-54-57-60-66(69)72-63-64(62-71-65(68)59-56-53-50-47-44-41-24-21-18-15-12-9-6-3)73-67(70)61-58-55-52-49-46-43-40-38-35-30-28-26-23-20-17-14-11-8-5-2/h8,11,17,20-21,24,26,28-29,31,35,38,43,46,52,55,64H,4-7,9-10,12-16,18-19,22-23,25,27,30,32-34,36-37,39-42,44-45,47-51,53-54,56-63H2,1-3H3/b11-8-,20-17-,24-21-,28-26-,31-29-,38-35-,46-43-,55-52-. The van der Waals surface area contributed by atoms with Crippen LogP contribution in [0.2, 0.25) is 0 Å². The van der Waals surface area contributed by atoms with Crippen molar-refractivity contribution in [1.29, 1.82) is 0 Å². The van der Waals surface area contributed by atoms with Crippen molar-refractivity contribution in [3.63, 3.8) is 0 Å². The molecule has 0 saturated heterocycles. The Morgan fingerprint density at radius 3 is 0.904 bits per heavy atom. The van der Waals surface area contributed by atoms with Crippen LogP contribution >= 0.6 is 0 Å². The van der Waals surface area contributed by atoms with Crippen LogP contribution in [0.4, 0.5) is 0 Å². The Balaban J connectivity index is 4.42. The summed E-state index contributed by atoms with van der Waals surface area (Å²) in [5, 5.41) is 0. The Bertz CT molecular complexity index is 1440. The van der Waals surface area contributed by atoms with Crippen LogP contribution in [-0.4, -0.2) is 37.2 Å². The quantitative estimate of drug-likeness (QED) is 0.0261. The second-order valence-corrected chi connectivity index (χ2v) is 20.2. The van der Waals surface area contributed by atoms with Crippen molar-refractivity contribution in [2.24, 2.45) is 0 Å². The third kappa shape index (κ3) is 59.1. The average Bonchev–Trinajstić information content (AvgIpc) is 3.39. The van der Waals surface area contributed by atoms with Gasteiger partial charge in [0.15, 0.2) is 6.10 Å². The number of rotatable bonds is 55. The van der Waals surface area contributed by atoms with E-state index in [1.165, 1.54) is 154 Å². The lowest BCUT2D eigenvalue weighted by Gasteiger charge is -2.18. The van der Waals surface area contributed by atoms with Gasteiger partial charge in [0.2, 0.25) is 0 Å². The summed E-state index contributed by atoms with van der Waals surface area (Å²) < 4.78 is 16.8. The van der Waals surface area contributed by atoms with E-state index in [1.54, 1.807) is 0 Å². The molecule has 0 aliphatic heterocycles. The molecule has 0 aromatic heterocycles.